The van der Waals surface area contributed by atoms with Crippen molar-refractivity contribution in [2.45, 2.75) is 44.7 Å². The number of aromatic nitrogens is 2. The summed E-state index contributed by atoms with van der Waals surface area (Å²) in [6.07, 6.45) is -1.07. The largest absolute Gasteiger partial charge is 0.497 e. The fraction of sp³-hybridized carbons (Fsp3) is 0.474. The number of rotatable bonds is 8. The van der Waals surface area contributed by atoms with E-state index >= 15 is 0 Å². The second-order valence-corrected chi connectivity index (χ2v) is 7.09. The topological polar surface area (TPSA) is 65.4 Å². The van der Waals surface area contributed by atoms with Crippen LogP contribution in [0.4, 0.5) is 8.78 Å². The molecule has 28 heavy (non-hydrogen) atoms. The Bertz CT molecular complexity index is 868. The van der Waals surface area contributed by atoms with Crippen LogP contribution in [-0.4, -0.2) is 29.9 Å². The number of hydrogen-bond acceptors (Lipinski definition) is 4. The average Bonchev–Trinajstić information content (AvgIpc) is 3.44. The molecule has 1 atom stereocenters. The first-order valence-corrected chi connectivity index (χ1v) is 9.29. The summed E-state index contributed by atoms with van der Waals surface area (Å²) in [4.78, 5) is 12.6. The predicted octanol–water partition coefficient (Wildman–Crippen LogP) is 4.25. The van der Waals surface area contributed by atoms with Gasteiger partial charge in [0.25, 0.3) is 6.43 Å². The third-order valence-electron chi connectivity index (χ3n) is 4.70. The van der Waals surface area contributed by atoms with Gasteiger partial charge in [-0.25, -0.2) is 8.78 Å². The number of amides is 1. The number of methoxy groups -OCH3 is 2. The molecule has 1 N–H and O–H groups in total. The molecule has 152 valence electrons. The Balaban J connectivity index is 1.77. The molecule has 6 nitrogen and oxygen atoms in total. The van der Waals surface area contributed by atoms with E-state index in [1.165, 1.54) is 4.68 Å². The Morgan fingerprint density at radius 3 is 2.64 bits per heavy atom. The van der Waals surface area contributed by atoms with Gasteiger partial charge in [0.2, 0.25) is 5.91 Å². The first-order valence-electron chi connectivity index (χ1n) is 8.91. The molecule has 1 aromatic carbocycles. The van der Waals surface area contributed by atoms with E-state index in [4.69, 9.17) is 21.1 Å². The van der Waals surface area contributed by atoms with Gasteiger partial charge in [0.05, 0.1) is 31.0 Å². The van der Waals surface area contributed by atoms with Crippen molar-refractivity contribution in [2.24, 2.45) is 0 Å². The first kappa shape index (κ1) is 20.4. The van der Waals surface area contributed by atoms with Crippen molar-refractivity contribution in [3.8, 4) is 11.5 Å². The maximum atomic E-state index is 13.1. The van der Waals surface area contributed by atoms with Crippen LogP contribution < -0.4 is 14.8 Å². The van der Waals surface area contributed by atoms with Gasteiger partial charge in [-0.15, -0.1) is 0 Å². The summed E-state index contributed by atoms with van der Waals surface area (Å²) in [5, 5.41) is 6.70. The Morgan fingerprint density at radius 2 is 2.07 bits per heavy atom. The number of carbonyl (C=O) groups is 1. The lowest BCUT2D eigenvalue weighted by atomic mass is 10.1. The summed E-state index contributed by atoms with van der Waals surface area (Å²) in [7, 11) is 3.09. The van der Waals surface area contributed by atoms with E-state index in [2.05, 4.69) is 10.4 Å². The molecule has 0 saturated heterocycles. The van der Waals surface area contributed by atoms with Gasteiger partial charge in [0, 0.05) is 11.5 Å². The second kappa shape index (κ2) is 8.34. The summed E-state index contributed by atoms with van der Waals surface area (Å²) >= 11 is 6.09. The van der Waals surface area contributed by atoms with Crippen molar-refractivity contribution in [3.63, 3.8) is 0 Å². The Morgan fingerprint density at radius 1 is 1.36 bits per heavy atom. The van der Waals surface area contributed by atoms with Crippen molar-refractivity contribution in [3.05, 3.63) is 40.2 Å². The highest BCUT2D eigenvalue weighted by atomic mass is 35.5. The summed E-state index contributed by atoms with van der Waals surface area (Å²) in [5.74, 6) is 0.957. The van der Waals surface area contributed by atoms with Crippen molar-refractivity contribution >= 4 is 17.5 Å². The van der Waals surface area contributed by atoms with Gasteiger partial charge in [-0.2, -0.15) is 5.10 Å². The van der Waals surface area contributed by atoms with Crippen LogP contribution in [0, 0.1) is 0 Å². The SMILES string of the molecule is COc1ccc(OC)c(C(C)NC(=O)Cn2nc(C(F)F)c(Cl)c2C2CC2)c1. The van der Waals surface area contributed by atoms with Crippen LogP contribution in [0.25, 0.3) is 0 Å². The highest BCUT2D eigenvalue weighted by Crippen LogP contribution is 2.45. The molecule has 3 rings (SSSR count). The molecule has 1 aliphatic rings. The molecule has 1 aliphatic carbocycles. The van der Waals surface area contributed by atoms with Crippen LogP contribution in [0.1, 0.15) is 55.1 Å². The quantitative estimate of drug-likeness (QED) is 0.702. The molecular formula is C19H22ClF2N3O3. The van der Waals surface area contributed by atoms with Gasteiger partial charge in [0.1, 0.15) is 23.7 Å². The zero-order valence-electron chi connectivity index (χ0n) is 15.8. The summed E-state index contributed by atoms with van der Waals surface area (Å²) in [6, 6.07) is 4.90. The summed E-state index contributed by atoms with van der Waals surface area (Å²) in [5.41, 5.74) is 0.780. The summed E-state index contributed by atoms with van der Waals surface area (Å²) < 4.78 is 38.2. The molecule has 1 heterocycles. The van der Waals surface area contributed by atoms with E-state index in [0.717, 1.165) is 18.4 Å². The Kier molecular flexibility index (Phi) is 6.07. The van der Waals surface area contributed by atoms with Crippen LogP contribution in [0.5, 0.6) is 11.5 Å². The Labute approximate surface area is 166 Å². The molecule has 0 aliphatic heterocycles. The van der Waals surface area contributed by atoms with Gasteiger partial charge >= 0.3 is 0 Å². The number of alkyl halides is 2. The monoisotopic (exact) mass is 413 g/mol. The highest BCUT2D eigenvalue weighted by molar-refractivity contribution is 6.32. The lowest BCUT2D eigenvalue weighted by Crippen LogP contribution is -2.31. The number of halogens is 3. The number of ether oxygens (including phenoxy) is 2. The zero-order chi connectivity index (χ0) is 20.4. The molecule has 1 aromatic heterocycles. The molecular weight excluding hydrogens is 392 g/mol. The normalized spacial score (nSPS) is 14.8. The number of benzene rings is 1. The van der Waals surface area contributed by atoms with Gasteiger partial charge in [-0.05, 0) is 38.0 Å². The third-order valence-corrected chi connectivity index (χ3v) is 5.09. The van der Waals surface area contributed by atoms with Crippen LogP contribution in [0.15, 0.2) is 18.2 Å². The molecule has 1 fully saturated rings. The van der Waals surface area contributed by atoms with E-state index in [-0.39, 0.29) is 29.4 Å². The van der Waals surface area contributed by atoms with Crippen LogP contribution in [0.3, 0.4) is 0 Å². The van der Waals surface area contributed by atoms with E-state index in [1.807, 2.05) is 0 Å². The van der Waals surface area contributed by atoms with E-state index < -0.39 is 12.1 Å². The maximum absolute atomic E-state index is 13.1. The first-order chi connectivity index (χ1) is 13.3. The number of hydrogen-bond donors (Lipinski definition) is 1. The molecule has 9 heteroatoms. The molecule has 0 bridgehead atoms. The van der Waals surface area contributed by atoms with Gasteiger partial charge in [-0.3, -0.25) is 9.48 Å². The molecule has 0 spiro atoms. The molecule has 1 unspecified atom stereocenters. The number of nitrogens with zero attached hydrogens (tertiary/aromatic N) is 2. The maximum Gasteiger partial charge on any atom is 0.283 e. The van der Waals surface area contributed by atoms with E-state index in [9.17, 15) is 13.6 Å². The van der Waals surface area contributed by atoms with Crippen LogP contribution >= 0.6 is 11.6 Å². The van der Waals surface area contributed by atoms with Gasteiger partial charge in [0.15, 0.2) is 0 Å². The van der Waals surface area contributed by atoms with Gasteiger partial charge < -0.3 is 14.8 Å². The zero-order valence-corrected chi connectivity index (χ0v) is 16.6. The summed E-state index contributed by atoms with van der Waals surface area (Å²) in [6.45, 7) is 1.62. The smallest absolute Gasteiger partial charge is 0.283 e. The average molecular weight is 414 g/mol. The van der Waals surface area contributed by atoms with Gasteiger partial charge in [-0.1, -0.05) is 11.6 Å². The van der Waals surface area contributed by atoms with Crippen molar-refractivity contribution in [1.82, 2.24) is 15.1 Å². The number of carbonyl (C=O) groups excluding carboxylic acids is 1. The lowest BCUT2D eigenvalue weighted by Gasteiger charge is -2.18. The number of nitrogens with one attached hydrogen (secondary N) is 1. The molecule has 1 saturated carbocycles. The molecule has 0 radical (unpaired) electrons. The fourth-order valence-corrected chi connectivity index (χ4v) is 3.53. The predicted molar refractivity (Wildman–Crippen MR) is 100 cm³/mol. The molecule has 1 amide bonds. The molecule has 2 aromatic rings. The van der Waals surface area contributed by atoms with Crippen molar-refractivity contribution < 1.29 is 23.0 Å². The minimum Gasteiger partial charge on any atom is -0.497 e. The minimum absolute atomic E-state index is 0.0344. The standard InChI is InChI=1S/C19H22ClF2N3O3/c1-10(13-8-12(27-2)6-7-14(13)28-3)23-15(26)9-25-18(11-4-5-11)16(20)17(24-25)19(21)22/h6-8,10-11,19H,4-5,9H2,1-3H3,(H,23,26). The second-order valence-electron chi connectivity index (χ2n) is 6.71. The van der Waals surface area contributed by atoms with Crippen molar-refractivity contribution in [2.75, 3.05) is 14.2 Å². The minimum atomic E-state index is -2.78. The van der Waals surface area contributed by atoms with Crippen LogP contribution in [-0.2, 0) is 11.3 Å². The van der Waals surface area contributed by atoms with E-state index in [0.29, 0.717) is 17.2 Å². The van der Waals surface area contributed by atoms with Crippen LogP contribution in [0.2, 0.25) is 5.02 Å². The fourth-order valence-electron chi connectivity index (χ4n) is 3.16. The lowest BCUT2D eigenvalue weighted by molar-refractivity contribution is -0.122. The highest BCUT2D eigenvalue weighted by Gasteiger charge is 2.34. The Hall–Kier alpha value is -2.35. The van der Waals surface area contributed by atoms with Crippen molar-refractivity contribution in [1.29, 1.82) is 0 Å². The van der Waals surface area contributed by atoms with E-state index in [1.54, 1.807) is 39.3 Å². The third kappa shape index (κ3) is 4.22.